The minimum absolute atomic E-state index is 0.237. The second-order valence-electron chi connectivity index (χ2n) is 3.58. The number of hydrogen-bond donors (Lipinski definition) is 2. The van der Waals surface area contributed by atoms with Crippen LogP contribution in [-0.4, -0.2) is 19.1 Å². The van der Waals surface area contributed by atoms with Crippen LogP contribution in [0.4, 0.5) is 0 Å². The number of terminal acetylenes is 1. The van der Waals surface area contributed by atoms with Crippen LogP contribution in [-0.2, 0) is 11.3 Å². The summed E-state index contributed by atoms with van der Waals surface area (Å²) in [7, 11) is 1.61. The van der Waals surface area contributed by atoms with E-state index in [9.17, 15) is 4.79 Å². The fourth-order valence-electron chi connectivity index (χ4n) is 1.28. The fourth-order valence-corrected chi connectivity index (χ4v) is 1.28. The number of methoxy groups -OCH3 is 1. The van der Waals surface area contributed by atoms with E-state index in [-0.39, 0.29) is 12.3 Å². The lowest BCUT2D eigenvalue weighted by atomic mass is 10.2. The molecule has 0 aliphatic carbocycles. The number of carbonyl (C=O) groups excluding carboxylic acids is 1. The lowest BCUT2D eigenvalue weighted by Gasteiger charge is -2.09. The van der Waals surface area contributed by atoms with Crippen LogP contribution in [0.1, 0.15) is 12.0 Å². The zero-order valence-corrected chi connectivity index (χ0v) is 9.77. The summed E-state index contributed by atoms with van der Waals surface area (Å²) in [5.74, 6) is 2.90. The molecule has 0 fully saturated rings. The summed E-state index contributed by atoms with van der Waals surface area (Å²) < 4.78 is 5.04. The highest BCUT2D eigenvalue weighted by Crippen LogP contribution is 2.10. The average Bonchev–Trinajstić information content (AvgIpc) is 2.36. The largest absolute Gasteiger partial charge is 0.497 e. The number of ether oxygens (including phenoxy) is 1. The maximum atomic E-state index is 11.5. The molecule has 17 heavy (non-hydrogen) atoms. The standard InChI is InChI=1S/C13H16N2O2/c1-3-4-12(14)13(16)15-9-10-5-7-11(17-2)8-6-10/h1,5-8,12H,4,9,14H2,2H3,(H,15,16). The molecule has 1 rings (SSSR count). The molecule has 1 atom stereocenters. The minimum atomic E-state index is -0.641. The third kappa shape index (κ3) is 4.17. The van der Waals surface area contributed by atoms with Crippen molar-refractivity contribution in [3.8, 4) is 18.1 Å². The van der Waals surface area contributed by atoms with E-state index >= 15 is 0 Å². The van der Waals surface area contributed by atoms with Crippen LogP contribution in [0.5, 0.6) is 5.75 Å². The van der Waals surface area contributed by atoms with Crippen molar-refractivity contribution in [2.24, 2.45) is 5.73 Å². The molecule has 0 heterocycles. The predicted molar refractivity (Wildman–Crippen MR) is 66.3 cm³/mol. The molecular formula is C13H16N2O2. The van der Waals surface area contributed by atoms with Crippen LogP contribution in [0.15, 0.2) is 24.3 Å². The number of rotatable bonds is 5. The van der Waals surface area contributed by atoms with Gasteiger partial charge in [-0.2, -0.15) is 0 Å². The van der Waals surface area contributed by atoms with Gasteiger partial charge in [-0.25, -0.2) is 0 Å². The Bertz CT molecular complexity index is 406. The van der Waals surface area contributed by atoms with Crippen molar-refractivity contribution in [3.63, 3.8) is 0 Å². The topological polar surface area (TPSA) is 64.4 Å². The van der Waals surface area contributed by atoms with Gasteiger partial charge in [-0.3, -0.25) is 4.79 Å². The van der Waals surface area contributed by atoms with Gasteiger partial charge in [-0.05, 0) is 17.7 Å². The van der Waals surface area contributed by atoms with Crippen LogP contribution < -0.4 is 15.8 Å². The van der Waals surface area contributed by atoms with E-state index in [1.807, 2.05) is 24.3 Å². The molecule has 0 aliphatic heterocycles. The van der Waals surface area contributed by atoms with E-state index in [0.29, 0.717) is 6.54 Å². The predicted octanol–water partition coefficient (Wildman–Crippen LogP) is 0.662. The molecule has 1 aromatic carbocycles. The monoisotopic (exact) mass is 232 g/mol. The zero-order valence-electron chi connectivity index (χ0n) is 9.77. The van der Waals surface area contributed by atoms with Crippen molar-refractivity contribution in [2.45, 2.75) is 19.0 Å². The first-order valence-corrected chi connectivity index (χ1v) is 5.27. The normalized spacial score (nSPS) is 11.4. The summed E-state index contributed by atoms with van der Waals surface area (Å²) in [6, 6.07) is 6.79. The smallest absolute Gasteiger partial charge is 0.238 e. The van der Waals surface area contributed by atoms with E-state index < -0.39 is 6.04 Å². The Balaban J connectivity index is 2.44. The summed E-state index contributed by atoms with van der Waals surface area (Å²) in [5.41, 5.74) is 6.54. The molecule has 0 aromatic heterocycles. The Morgan fingerprint density at radius 2 is 2.18 bits per heavy atom. The van der Waals surface area contributed by atoms with E-state index in [1.54, 1.807) is 7.11 Å². The molecule has 0 bridgehead atoms. The SMILES string of the molecule is C#CCC(N)C(=O)NCc1ccc(OC)cc1. The first kappa shape index (κ1) is 13.1. The van der Waals surface area contributed by atoms with Gasteiger partial charge < -0.3 is 15.8 Å². The molecule has 0 aliphatic rings. The Morgan fingerprint density at radius 3 is 2.71 bits per heavy atom. The van der Waals surface area contributed by atoms with Gasteiger partial charge in [-0.1, -0.05) is 12.1 Å². The van der Waals surface area contributed by atoms with Gasteiger partial charge in [0.05, 0.1) is 13.2 Å². The quantitative estimate of drug-likeness (QED) is 0.733. The van der Waals surface area contributed by atoms with Gasteiger partial charge in [0.1, 0.15) is 5.75 Å². The number of nitrogens with one attached hydrogen (secondary N) is 1. The summed E-state index contributed by atoms with van der Waals surface area (Å²) in [6.07, 6.45) is 5.33. The second-order valence-corrected chi connectivity index (χ2v) is 3.58. The Morgan fingerprint density at radius 1 is 1.53 bits per heavy atom. The van der Waals surface area contributed by atoms with E-state index in [1.165, 1.54) is 0 Å². The number of nitrogens with two attached hydrogens (primary N) is 1. The van der Waals surface area contributed by atoms with Gasteiger partial charge in [0.25, 0.3) is 0 Å². The molecule has 1 unspecified atom stereocenters. The van der Waals surface area contributed by atoms with E-state index in [4.69, 9.17) is 16.9 Å². The molecule has 0 radical (unpaired) electrons. The molecule has 4 heteroatoms. The number of amides is 1. The Kier molecular flexibility index (Phi) is 5.05. The Hall–Kier alpha value is -1.99. The van der Waals surface area contributed by atoms with Crippen LogP contribution in [0.25, 0.3) is 0 Å². The average molecular weight is 232 g/mol. The molecule has 1 aromatic rings. The Labute approximate surface area is 101 Å². The number of carbonyl (C=O) groups is 1. The summed E-state index contributed by atoms with van der Waals surface area (Å²) in [5, 5.41) is 2.72. The second kappa shape index (κ2) is 6.56. The molecule has 0 saturated heterocycles. The molecule has 90 valence electrons. The first-order chi connectivity index (χ1) is 8.17. The van der Waals surface area contributed by atoms with Crippen LogP contribution in [0.2, 0.25) is 0 Å². The molecular weight excluding hydrogens is 216 g/mol. The number of hydrogen-bond acceptors (Lipinski definition) is 3. The number of benzene rings is 1. The fraction of sp³-hybridized carbons (Fsp3) is 0.308. The maximum absolute atomic E-state index is 11.5. The van der Waals surface area contributed by atoms with Gasteiger partial charge in [0, 0.05) is 13.0 Å². The summed E-state index contributed by atoms with van der Waals surface area (Å²) in [6.45, 7) is 0.432. The summed E-state index contributed by atoms with van der Waals surface area (Å²) >= 11 is 0. The van der Waals surface area contributed by atoms with Crippen molar-refractivity contribution in [2.75, 3.05) is 7.11 Å². The van der Waals surface area contributed by atoms with Crippen molar-refractivity contribution < 1.29 is 9.53 Å². The molecule has 0 spiro atoms. The summed E-state index contributed by atoms with van der Waals surface area (Å²) in [4.78, 5) is 11.5. The first-order valence-electron chi connectivity index (χ1n) is 5.27. The van der Waals surface area contributed by atoms with Gasteiger partial charge in [-0.15, -0.1) is 12.3 Å². The van der Waals surface area contributed by atoms with E-state index in [2.05, 4.69) is 11.2 Å². The molecule has 0 saturated carbocycles. The highest BCUT2D eigenvalue weighted by Gasteiger charge is 2.10. The molecule has 4 nitrogen and oxygen atoms in total. The molecule has 1 amide bonds. The van der Waals surface area contributed by atoms with Gasteiger partial charge in [0.15, 0.2) is 0 Å². The van der Waals surface area contributed by atoms with Crippen LogP contribution in [0.3, 0.4) is 0 Å². The minimum Gasteiger partial charge on any atom is -0.497 e. The van der Waals surface area contributed by atoms with Crippen molar-refractivity contribution in [1.82, 2.24) is 5.32 Å². The van der Waals surface area contributed by atoms with Crippen molar-refractivity contribution in [3.05, 3.63) is 29.8 Å². The van der Waals surface area contributed by atoms with Crippen molar-refractivity contribution in [1.29, 1.82) is 0 Å². The van der Waals surface area contributed by atoms with Crippen LogP contribution in [0, 0.1) is 12.3 Å². The van der Waals surface area contributed by atoms with Crippen LogP contribution >= 0.6 is 0 Å². The highest BCUT2D eigenvalue weighted by atomic mass is 16.5. The lowest BCUT2D eigenvalue weighted by molar-refractivity contribution is -0.122. The molecule has 3 N–H and O–H groups in total. The van der Waals surface area contributed by atoms with Gasteiger partial charge >= 0.3 is 0 Å². The van der Waals surface area contributed by atoms with E-state index in [0.717, 1.165) is 11.3 Å². The zero-order chi connectivity index (χ0) is 12.7. The highest BCUT2D eigenvalue weighted by molar-refractivity contribution is 5.81. The maximum Gasteiger partial charge on any atom is 0.238 e. The van der Waals surface area contributed by atoms with Gasteiger partial charge in [0.2, 0.25) is 5.91 Å². The third-order valence-electron chi connectivity index (χ3n) is 2.30. The third-order valence-corrected chi connectivity index (χ3v) is 2.30. The lowest BCUT2D eigenvalue weighted by Crippen LogP contribution is -2.39. The van der Waals surface area contributed by atoms with Crippen molar-refractivity contribution >= 4 is 5.91 Å².